The van der Waals surface area contributed by atoms with E-state index >= 15 is 0 Å². The van der Waals surface area contributed by atoms with Crippen LogP contribution >= 0.6 is 0 Å². The van der Waals surface area contributed by atoms with Gasteiger partial charge in [0.05, 0.1) is 12.3 Å². The van der Waals surface area contributed by atoms with Gasteiger partial charge in [-0.25, -0.2) is 14.4 Å². The van der Waals surface area contributed by atoms with Gasteiger partial charge in [-0.05, 0) is 55.0 Å². The number of methoxy groups -OCH3 is 1. The van der Waals surface area contributed by atoms with E-state index in [4.69, 9.17) is 4.74 Å². The summed E-state index contributed by atoms with van der Waals surface area (Å²) in [6.45, 7) is 11.9. The van der Waals surface area contributed by atoms with Crippen LogP contribution in [-0.4, -0.2) is 72.8 Å². The van der Waals surface area contributed by atoms with E-state index in [0.29, 0.717) is 0 Å². The highest BCUT2D eigenvalue weighted by atomic mass is 19.1. The smallest absolute Gasteiger partial charge is 0.127 e. The molecule has 2 heterocycles. The molecule has 41 heavy (non-hydrogen) atoms. The maximum absolute atomic E-state index is 14.3. The van der Waals surface area contributed by atoms with E-state index < -0.39 is 0 Å². The highest BCUT2D eigenvalue weighted by Crippen LogP contribution is 2.42. The van der Waals surface area contributed by atoms with Crippen molar-refractivity contribution in [3.05, 3.63) is 118 Å². The number of hydrogen-bond acceptors (Lipinski definition) is 5. The minimum atomic E-state index is -0.154. The molecule has 1 unspecified atom stereocenters. The molecule has 6 rings (SSSR count). The molecule has 1 fully saturated rings. The topological polar surface area (TPSA) is 41.5 Å². The minimum Gasteiger partial charge on any atom is -0.383 e. The van der Waals surface area contributed by atoms with E-state index in [1.54, 1.807) is 13.2 Å². The predicted molar refractivity (Wildman–Crippen MR) is 164 cm³/mol. The van der Waals surface area contributed by atoms with Crippen LogP contribution in [-0.2, 0) is 17.6 Å². The molecule has 1 saturated heterocycles. The molecule has 0 N–H and O–H groups in total. The molecule has 2 aliphatic rings. The second-order valence-corrected chi connectivity index (χ2v) is 11.1. The first-order valence-corrected chi connectivity index (χ1v) is 14.7. The molecule has 5 nitrogen and oxygen atoms in total. The lowest BCUT2D eigenvalue weighted by Crippen LogP contribution is -2.47. The van der Waals surface area contributed by atoms with E-state index in [2.05, 4.69) is 63.1 Å². The molecular formula is C35H41FN4O. The van der Waals surface area contributed by atoms with Gasteiger partial charge < -0.3 is 9.64 Å². The molecule has 1 aromatic heterocycles. The molecule has 1 aliphatic heterocycles. The van der Waals surface area contributed by atoms with E-state index in [1.165, 1.54) is 56.3 Å². The van der Waals surface area contributed by atoms with Crippen molar-refractivity contribution in [1.29, 1.82) is 0 Å². The van der Waals surface area contributed by atoms with E-state index in [-0.39, 0.29) is 11.7 Å². The van der Waals surface area contributed by atoms with Crippen LogP contribution in [0.3, 0.4) is 0 Å². The Labute approximate surface area is 244 Å². The Morgan fingerprint density at radius 3 is 2.29 bits per heavy atom. The van der Waals surface area contributed by atoms with Gasteiger partial charge in [0.15, 0.2) is 0 Å². The first-order valence-electron chi connectivity index (χ1n) is 14.7. The average Bonchev–Trinajstić information content (AvgIpc) is 3.00. The summed E-state index contributed by atoms with van der Waals surface area (Å²) in [6.07, 6.45) is 3.77. The number of piperazine rings is 1. The molecule has 1 atom stereocenters. The Morgan fingerprint density at radius 2 is 1.56 bits per heavy atom. The van der Waals surface area contributed by atoms with E-state index in [9.17, 15) is 4.39 Å². The van der Waals surface area contributed by atoms with Gasteiger partial charge in [-0.1, -0.05) is 72.3 Å². The lowest BCUT2D eigenvalue weighted by atomic mass is 9.78. The van der Waals surface area contributed by atoms with Crippen LogP contribution in [0.15, 0.2) is 79.0 Å². The Morgan fingerprint density at radius 1 is 0.854 bits per heavy atom. The largest absolute Gasteiger partial charge is 0.383 e. The van der Waals surface area contributed by atoms with Gasteiger partial charge >= 0.3 is 0 Å². The first kappa shape index (κ1) is 29.1. The van der Waals surface area contributed by atoms with Gasteiger partial charge in [-0.3, -0.25) is 4.90 Å². The van der Waals surface area contributed by atoms with Crippen LogP contribution in [0, 0.1) is 19.7 Å². The zero-order chi connectivity index (χ0) is 28.6. The second-order valence-electron chi connectivity index (χ2n) is 11.1. The standard InChI is InChI=1S/C19H15FN2.C16H26N2O/c1-12-21-11-13-10-17(15-7-4-5-9-18(15)20)14-6-2-3-8-16(14)19(13)22-12;1-15-4-3-5-16(14-15)6-7-17-8-10-18(11-9-17)12-13-19-2/h2-9,11,17H,10H2,1H3;3-5,14H,6-13H2,1-2H3. The summed E-state index contributed by atoms with van der Waals surface area (Å²) in [5, 5.41) is 0. The van der Waals surface area contributed by atoms with Crippen LogP contribution in [0.2, 0.25) is 0 Å². The highest BCUT2D eigenvalue weighted by molar-refractivity contribution is 5.71. The lowest BCUT2D eigenvalue weighted by molar-refractivity contribution is 0.0976. The minimum absolute atomic E-state index is 0.0104. The third-order valence-electron chi connectivity index (χ3n) is 8.16. The number of ether oxygens (including phenoxy) is 1. The summed E-state index contributed by atoms with van der Waals surface area (Å²) < 4.78 is 19.4. The number of fused-ring (bicyclic) bond motifs is 3. The zero-order valence-electron chi connectivity index (χ0n) is 24.5. The Balaban J connectivity index is 0.000000167. The Kier molecular flexibility index (Phi) is 9.88. The third kappa shape index (κ3) is 7.45. The molecule has 0 radical (unpaired) electrons. The predicted octanol–water partition coefficient (Wildman–Crippen LogP) is 6.08. The normalized spacial score (nSPS) is 16.8. The van der Waals surface area contributed by atoms with Gasteiger partial charge in [0.25, 0.3) is 0 Å². The van der Waals surface area contributed by atoms with Gasteiger partial charge in [0.2, 0.25) is 0 Å². The van der Waals surface area contributed by atoms with Crippen LogP contribution in [0.4, 0.5) is 4.39 Å². The van der Waals surface area contributed by atoms with Gasteiger partial charge in [0.1, 0.15) is 11.6 Å². The molecule has 0 spiro atoms. The number of halogens is 1. The SMILES string of the molecule is COCCN1CCN(CCc2cccc(C)c2)CC1.Cc1ncc2c(n1)-c1ccccc1C(c1ccccc1F)C2. The van der Waals surface area contributed by atoms with Crippen molar-refractivity contribution in [2.45, 2.75) is 32.6 Å². The van der Waals surface area contributed by atoms with E-state index in [1.807, 2.05) is 37.4 Å². The summed E-state index contributed by atoms with van der Waals surface area (Å²) in [6, 6.07) is 24.0. The maximum Gasteiger partial charge on any atom is 0.127 e. The lowest BCUT2D eigenvalue weighted by Gasteiger charge is -2.34. The summed E-state index contributed by atoms with van der Waals surface area (Å²) >= 11 is 0. The monoisotopic (exact) mass is 552 g/mol. The molecule has 6 heteroatoms. The van der Waals surface area contributed by atoms with Crippen LogP contribution < -0.4 is 0 Å². The molecule has 0 bridgehead atoms. The number of nitrogens with zero attached hydrogens (tertiary/aromatic N) is 4. The maximum atomic E-state index is 14.3. The quantitative estimate of drug-likeness (QED) is 0.278. The van der Waals surface area contributed by atoms with Crippen molar-refractivity contribution in [1.82, 2.24) is 19.8 Å². The second kappa shape index (κ2) is 13.9. The number of hydrogen-bond donors (Lipinski definition) is 0. The average molecular weight is 553 g/mol. The summed E-state index contributed by atoms with van der Waals surface area (Å²) in [5.41, 5.74) is 7.85. The molecule has 1 aliphatic carbocycles. The first-order chi connectivity index (χ1) is 20.0. The number of rotatable bonds is 7. The summed E-state index contributed by atoms with van der Waals surface area (Å²) in [4.78, 5) is 14.0. The Hall–Kier alpha value is -3.45. The third-order valence-corrected chi connectivity index (χ3v) is 8.16. The molecule has 214 valence electrons. The zero-order valence-corrected chi connectivity index (χ0v) is 24.5. The van der Waals surface area contributed by atoms with Crippen LogP contribution in [0.5, 0.6) is 0 Å². The van der Waals surface area contributed by atoms with Gasteiger partial charge in [0, 0.05) is 64.1 Å². The fourth-order valence-electron chi connectivity index (χ4n) is 5.87. The van der Waals surface area contributed by atoms with E-state index in [0.717, 1.165) is 53.3 Å². The van der Waals surface area contributed by atoms with Gasteiger partial charge in [-0.2, -0.15) is 0 Å². The van der Waals surface area contributed by atoms with Crippen molar-refractivity contribution in [2.75, 3.05) is 53.0 Å². The summed E-state index contributed by atoms with van der Waals surface area (Å²) in [5.74, 6) is 0.618. The fourth-order valence-corrected chi connectivity index (χ4v) is 5.87. The number of benzene rings is 3. The van der Waals surface area contributed by atoms with Crippen molar-refractivity contribution in [3.8, 4) is 11.3 Å². The number of aromatic nitrogens is 2. The summed E-state index contributed by atoms with van der Waals surface area (Å²) in [7, 11) is 1.78. The highest BCUT2D eigenvalue weighted by Gasteiger charge is 2.28. The fraction of sp³-hybridized carbons (Fsp3) is 0.371. The molecule has 4 aromatic rings. The Bertz CT molecular complexity index is 1430. The molecular weight excluding hydrogens is 511 g/mol. The number of aryl methyl sites for hydroxylation is 2. The van der Waals surface area contributed by atoms with Crippen molar-refractivity contribution in [2.24, 2.45) is 0 Å². The van der Waals surface area contributed by atoms with Crippen molar-refractivity contribution < 1.29 is 9.13 Å². The van der Waals surface area contributed by atoms with Crippen LogP contribution in [0.1, 0.15) is 39.6 Å². The van der Waals surface area contributed by atoms with Crippen LogP contribution in [0.25, 0.3) is 11.3 Å². The van der Waals surface area contributed by atoms with Crippen molar-refractivity contribution >= 4 is 0 Å². The van der Waals surface area contributed by atoms with Crippen molar-refractivity contribution in [3.63, 3.8) is 0 Å². The molecule has 0 amide bonds. The van der Waals surface area contributed by atoms with Gasteiger partial charge in [-0.15, -0.1) is 0 Å². The molecule has 0 saturated carbocycles. The molecule has 3 aromatic carbocycles.